The molecule has 0 radical (unpaired) electrons. The standard InChI is InChI=1S/C24H15N3S/c1-2-6-20-18(4-1)23-21(9-8-17-12-15-28-24(17)23)27(20)22-7-3-5-19(26-22)16-10-13-25-14-11-16/h1-15H. The van der Waals surface area contributed by atoms with Crippen LogP contribution in [0.1, 0.15) is 0 Å². The fourth-order valence-electron chi connectivity index (χ4n) is 3.96. The number of hydrogen-bond acceptors (Lipinski definition) is 3. The monoisotopic (exact) mass is 377 g/mol. The molecule has 0 bridgehead atoms. The molecule has 6 rings (SSSR count). The maximum absolute atomic E-state index is 4.99. The minimum atomic E-state index is 0.927. The molecule has 0 fully saturated rings. The van der Waals surface area contributed by atoms with Crippen LogP contribution in [0, 0.1) is 0 Å². The van der Waals surface area contributed by atoms with Gasteiger partial charge < -0.3 is 0 Å². The van der Waals surface area contributed by atoms with Crippen LogP contribution < -0.4 is 0 Å². The van der Waals surface area contributed by atoms with Gasteiger partial charge in [0.15, 0.2) is 0 Å². The molecule has 0 spiro atoms. The summed E-state index contributed by atoms with van der Waals surface area (Å²) < 4.78 is 3.60. The zero-order valence-electron chi connectivity index (χ0n) is 14.9. The van der Waals surface area contributed by atoms with Gasteiger partial charge in [0, 0.05) is 33.4 Å². The molecule has 6 aromatic rings. The van der Waals surface area contributed by atoms with Crippen LogP contribution in [0.3, 0.4) is 0 Å². The quantitative estimate of drug-likeness (QED) is 0.347. The molecule has 0 amide bonds. The Balaban J connectivity index is 1.71. The van der Waals surface area contributed by atoms with Gasteiger partial charge >= 0.3 is 0 Å². The first-order valence-corrected chi connectivity index (χ1v) is 10.1. The number of pyridine rings is 2. The highest BCUT2D eigenvalue weighted by Gasteiger charge is 2.16. The molecule has 0 aliphatic carbocycles. The smallest absolute Gasteiger partial charge is 0.138 e. The summed E-state index contributed by atoms with van der Waals surface area (Å²) in [5.74, 6) is 0.927. The zero-order chi connectivity index (χ0) is 18.5. The van der Waals surface area contributed by atoms with E-state index in [0.29, 0.717) is 0 Å². The van der Waals surface area contributed by atoms with Crippen LogP contribution in [-0.4, -0.2) is 14.5 Å². The molecule has 2 aromatic carbocycles. The van der Waals surface area contributed by atoms with Gasteiger partial charge in [0.1, 0.15) is 5.82 Å². The summed E-state index contributed by atoms with van der Waals surface area (Å²) in [5.41, 5.74) is 4.38. The largest absolute Gasteiger partial charge is 0.294 e. The molecule has 4 aromatic heterocycles. The van der Waals surface area contributed by atoms with Crippen molar-refractivity contribution in [1.82, 2.24) is 14.5 Å². The van der Waals surface area contributed by atoms with Crippen LogP contribution in [0.2, 0.25) is 0 Å². The lowest BCUT2D eigenvalue weighted by molar-refractivity contribution is 1.08. The van der Waals surface area contributed by atoms with Crippen molar-refractivity contribution in [2.24, 2.45) is 0 Å². The average Bonchev–Trinajstić information content (AvgIpc) is 3.36. The lowest BCUT2D eigenvalue weighted by atomic mass is 10.1. The highest BCUT2D eigenvalue weighted by molar-refractivity contribution is 7.18. The fraction of sp³-hybridized carbons (Fsp3) is 0. The number of benzene rings is 2. The Labute approximate surface area is 165 Å². The first-order chi connectivity index (χ1) is 13.9. The number of nitrogens with zero attached hydrogens (tertiary/aromatic N) is 3. The predicted octanol–water partition coefficient (Wildman–Crippen LogP) is 6.46. The lowest BCUT2D eigenvalue weighted by Gasteiger charge is -2.09. The van der Waals surface area contributed by atoms with E-state index in [1.54, 1.807) is 23.7 Å². The molecule has 0 unspecified atom stereocenters. The van der Waals surface area contributed by atoms with Crippen molar-refractivity contribution in [1.29, 1.82) is 0 Å². The second-order valence-electron chi connectivity index (χ2n) is 6.77. The van der Waals surface area contributed by atoms with E-state index in [4.69, 9.17) is 4.98 Å². The van der Waals surface area contributed by atoms with Gasteiger partial charge in [-0.25, -0.2) is 4.98 Å². The Hall–Kier alpha value is -3.50. The Morgan fingerprint density at radius 2 is 1.64 bits per heavy atom. The van der Waals surface area contributed by atoms with E-state index in [0.717, 1.165) is 17.1 Å². The van der Waals surface area contributed by atoms with Crippen LogP contribution in [0.5, 0.6) is 0 Å². The summed E-state index contributed by atoms with van der Waals surface area (Å²) in [6.07, 6.45) is 3.61. The topological polar surface area (TPSA) is 30.7 Å². The van der Waals surface area contributed by atoms with Crippen LogP contribution >= 0.6 is 11.3 Å². The van der Waals surface area contributed by atoms with E-state index in [1.807, 2.05) is 18.2 Å². The van der Waals surface area contributed by atoms with Crippen molar-refractivity contribution in [2.75, 3.05) is 0 Å². The number of para-hydroxylation sites is 1. The second kappa shape index (κ2) is 6.01. The van der Waals surface area contributed by atoms with E-state index < -0.39 is 0 Å². The van der Waals surface area contributed by atoms with Crippen molar-refractivity contribution in [3.63, 3.8) is 0 Å². The van der Waals surface area contributed by atoms with E-state index in [9.17, 15) is 0 Å². The highest BCUT2D eigenvalue weighted by atomic mass is 32.1. The summed E-state index contributed by atoms with van der Waals surface area (Å²) in [7, 11) is 0. The minimum absolute atomic E-state index is 0.927. The Morgan fingerprint density at radius 1 is 0.750 bits per heavy atom. The molecule has 0 aliphatic rings. The summed E-state index contributed by atoms with van der Waals surface area (Å²) >= 11 is 1.80. The van der Waals surface area contributed by atoms with Gasteiger partial charge in [-0.1, -0.05) is 30.3 Å². The number of rotatable bonds is 2. The Morgan fingerprint density at radius 3 is 2.57 bits per heavy atom. The maximum Gasteiger partial charge on any atom is 0.138 e. The molecule has 4 heteroatoms. The molecular formula is C24H15N3S. The minimum Gasteiger partial charge on any atom is -0.294 e. The lowest BCUT2D eigenvalue weighted by Crippen LogP contribution is -1.98. The van der Waals surface area contributed by atoms with E-state index in [2.05, 4.69) is 69.5 Å². The van der Waals surface area contributed by atoms with Crippen molar-refractivity contribution < 1.29 is 0 Å². The normalized spacial score (nSPS) is 11.6. The summed E-state index contributed by atoms with van der Waals surface area (Å²) in [6.45, 7) is 0. The summed E-state index contributed by atoms with van der Waals surface area (Å²) in [5, 5.41) is 6.03. The Kier molecular flexibility index (Phi) is 3.34. The van der Waals surface area contributed by atoms with Gasteiger partial charge in [0.25, 0.3) is 0 Å². The molecule has 132 valence electrons. The van der Waals surface area contributed by atoms with Crippen molar-refractivity contribution in [3.05, 3.63) is 90.6 Å². The molecule has 0 saturated carbocycles. The molecule has 0 N–H and O–H groups in total. The number of hydrogen-bond donors (Lipinski definition) is 0. The van der Waals surface area contributed by atoms with Gasteiger partial charge in [-0.15, -0.1) is 11.3 Å². The zero-order valence-corrected chi connectivity index (χ0v) is 15.7. The van der Waals surface area contributed by atoms with Gasteiger partial charge in [-0.2, -0.15) is 0 Å². The third-order valence-electron chi connectivity index (χ3n) is 5.19. The van der Waals surface area contributed by atoms with Crippen molar-refractivity contribution >= 4 is 43.2 Å². The molecule has 4 heterocycles. The van der Waals surface area contributed by atoms with E-state index in [1.165, 1.54) is 31.9 Å². The number of thiophene rings is 1. The first-order valence-electron chi connectivity index (χ1n) is 9.17. The fourth-order valence-corrected chi connectivity index (χ4v) is 4.91. The predicted molar refractivity (Wildman–Crippen MR) is 117 cm³/mol. The van der Waals surface area contributed by atoms with Crippen molar-refractivity contribution in [2.45, 2.75) is 0 Å². The summed E-state index contributed by atoms with van der Waals surface area (Å²) in [4.78, 5) is 9.11. The second-order valence-corrected chi connectivity index (χ2v) is 7.68. The highest BCUT2D eigenvalue weighted by Crippen LogP contribution is 2.38. The Bertz CT molecular complexity index is 1460. The average molecular weight is 377 g/mol. The van der Waals surface area contributed by atoms with Gasteiger partial charge in [-0.3, -0.25) is 9.55 Å². The van der Waals surface area contributed by atoms with Crippen LogP contribution in [0.15, 0.2) is 90.6 Å². The van der Waals surface area contributed by atoms with Crippen LogP contribution in [0.4, 0.5) is 0 Å². The molecule has 3 nitrogen and oxygen atoms in total. The van der Waals surface area contributed by atoms with Crippen LogP contribution in [0.25, 0.3) is 49.0 Å². The van der Waals surface area contributed by atoms with E-state index >= 15 is 0 Å². The van der Waals surface area contributed by atoms with Crippen LogP contribution in [-0.2, 0) is 0 Å². The number of aromatic nitrogens is 3. The van der Waals surface area contributed by atoms with Gasteiger partial charge in [0.05, 0.1) is 16.7 Å². The summed E-state index contributed by atoms with van der Waals surface area (Å²) in [6, 6.07) is 25.4. The molecule has 0 saturated heterocycles. The SMILES string of the molecule is c1cc(-c2ccncc2)nc(-n2c3ccccc3c3c4sccc4ccc32)c1. The molecule has 28 heavy (non-hydrogen) atoms. The number of fused-ring (bicyclic) bond motifs is 5. The third-order valence-corrected chi connectivity index (χ3v) is 6.14. The first kappa shape index (κ1) is 15.5. The maximum atomic E-state index is 4.99. The molecular weight excluding hydrogens is 362 g/mol. The third kappa shape index (κ3) is 2.22. The van der Waals surface area contributed by atoms with Gasteiger partial charge in [0.2, 0.25) is 0 Å². The molecule has 0 atom stereocenters. The van der Waals surface area contributed by atoms with E-state index in [-0.39, 0.29) is 0 Å². The van der Waals surface area contributed by atoms with Gasteiger partial charge in [-0.05, 0) is 53.2 Å². The molecule has 0 aliphatic heterocycles. The van der Waals surface area contributed by atoms with Crippen molar-refractivity contribution in [3.8, 4) is 17.1 Å².